The van der Waals surface area contributed by atoms with Gasteiger partial charge in [-0.15, -0.1) is 0 Å². The Kier molecular flexibility index (Phi) is 1.88. The third-order valence-electron chi connectivity index (χ3n) is 3.88. The van der Waals surface area contributed by atoms with Crippen LogP contribution in [0.15, 0.2) is 0 Å². The largest absolute Gasteiger partial charge is 0.465 e. The Labute approximate surface area is 78.1 Å². The zero-order chi connectivity index (χ0) is 9.64. The van der Waals surface area contributed by atoms with Crippen LogP contribution in [-0.4, -0.2) is 24.3 Å². The van der Waals surface area contributed by atoms with Crippen LogP contribution in [0.3, 0.4) is 0 Å². The number of cyclic esters (lactones) is 1. The summed E-state index contributed by atoms with van der Waals surface area (Å²) in [6.07, 6.45) is 0.863. The molecule has 0 radical (unpaired) electrons. The number of hydrogen-bond acceptors (Lipinski definition) is 3. The highest BCUT2D eigenvalue weighted by Crippen LogP contribution is 2.53. The van der Waals surface area contributed by atoms with Crippen molar-refractivity contribution in [2.24, 2.45) is 23.2 Å². The molecule has 0 bridgehead atoms. The van der Waals surface area contributed by atoms with Crippen LogP contribution in [0.5, 0.6) is 0 Å². The first-order chi connectivity index (χ1) is 6.09. The zero-order valence-corrected chi connectivity index (χ0v) is 8.12. The fourth-order valence-corrected chi connectivity index (χ4v) is 3.02. The Morgan fingerprint density at radius 3 is 3.00 bits per heavy atom. The van der Waals surface area contributed by atoms with Crippen LogP contribution in [0.25, 0.3) is 0 Å². The highest BCUT2D eigenvalue weighted by atomic mass is 16.5. The monoisotopic (exact) mass is 184 g/mol. The van der Waals surface area contributed by atoms with Crippen LogP contribution in [0, 0.1) is 23.2 Å². The van der Waals surface area contributed by atoms with Crippen LogP contribution < -0.4 is 0 Å². The summed E-state index contributed by atoms with van der Waals surface area (Å²) in [4.78, 5) is 11.5. The number of rotatable bonds is 1. The minimum absolute atomic E-state index is 0.0692. The third kappa shape index (κ3) is 1.03. The first kappa shape index (κ1) is 9.00. The fraction of sp³-hybridized carbons (Fsp3) is 0.900. The molecule has 13 heavy (non-hydrogen) atoms. The zero-order valence-electron chi connectivity index (χ0n) is 8.12. The van der Waals surface area contributed by atoms with Gasteiger partial charge in [0.25, 0.3) is 0 Å². The third-order valence-corrected chi connectivity index (χ3v) is 3.88. The van der Waals surface area contributed by atoms with Crippen molar-refractivity contribution in [3.8, 4) is 0 Å². The maximum Gasteiger partial charge on any atom is 0.312 e. The SMILES string of the molecule is C[C@H]1C[C@@]2(C)C(=O)OC[C@H]2[C@@H]1CO. The van der Waals surface area contributed by atoms with Crippen molar-refractivity contribution < 1.29 is 14.6 Å². The summed E-state index contributed by atoms with van der Waals surface area (Å²) in [5, 5.41) is 9.22. The van der Waals surface area contributed by atoms with Crippen molar-refractivity contribution in [2.45, 2.75) is 20.3 Å². The van der Waals surface area contributed by atoms with Crippen molar-refractivity contribution in [2.75, 3.05) is 13.2 Å². The molecule has 1 saturated heterocycles. The number of carbonyl (C=O) groups is 1. The first-order valence-electron chi connectivity index (χ1n) is 4.87. The predicted molar refractivity (Wildman–Crippen MR) is 46.9 cm³/mol. The number of aliphatic hydroxyl groups is 1. The van der Waals surface area contributed by atoms with Gasteiger partial charge in [-0.25, -0.2) is 0 Å². The minimum atomic E-state index is -0.313. The fourth-order valence-electron chi connectivity index (χ4n) is 3.02. The van der Waals surface area contributed by atoms with Gasteiger partial charge in [0.15, 0.2) is 0 Å². The van der Waals surface area contributed by atoms with Gasteiger partial charge in [-0.2, -0.15) is 0 Å². The van der Waals surface area contributed by atoms with Gasteiger partial charge in [-0.3, -0.25) is 4.79 Å². The maximum absolute atomic E-state index is 11.5. The standard InChI is InChI=1S/C10H16O3/c1-6-3-10(2)8(7(6)4-11)5-13-9(10)12/h6-8,11H,3-5H2,1-2H3/t6-,7+,8-,10+/m0/s1. The molecule has 2 aliphatic rings. The van der Waals surface area contributed by atoms with Crippen LogP contribution in [-0.2, 0) is 9.53 Å². The van der Waals surface area contributed by atoms with Crippen molar-refractivity contribution in [1.29, 1.82) is 0 Å². The molecular weight excluding hydrogens is 168 g/mol. The number of carbonyl (C=O) groups excluding carboxylic acids is 1. The highest BCUT2D eigenvalue weighted by Gasteiger charge is 2.58. The van der Waals surface area contributed by atoms with Gasteiger partial charge in [0, 0.05) is 12.5 Å². The predicted octanol–water partition coefficient (Wildman–Crippen LogP) is 0.814. The molecule has 4 atom stereocenters. The van der Waals surface area contributed by atoms with E-state index in [-0.39, 0.29) is 29.8 Å². The summed E-state index contributed by atoms with van der Waals surface area (Å²) in [7, 11) is 0. The average Bonchev–Trinajstić information content (AvgIpc) is 2.47. The smallest absolute Gasteiger partial charge is 0.312 e. The molecule has 2 fully saturated rings. The molecule has 0 aromatic heterocycles. The molecule has 2 rings (SSSR count). The summed E-state index contributed by atoms with van der Waals surface area (Å²) >= 11 is 0. The summed E-state index contributed by atoms with van der Waals surface area (Å²) in [5.74, 6) is 0.851. The second kappa shape index (κ2) is 2.71. The lowest BCUT2D eigenvalue weighted by Gasteiger charge is -2.20. The van der Waals surface area contributed by atoms with E-state index in [1.807, 2.05) is 6.92 Å². The van der Waals surface area contributed by atoms with Crippen LogP contribution in [0.1, 0.15) is 20.3 Å². The van der Waals surface area contributed by atoms with Gasteiger partial charge in [-0.1, -0.05) is 6.92 Å². The lowest BCUT2D eigenvalue weighted by Crippen LogP contribution is -2.27. The van der Waals surface area contributed by atoms with E-state index in [0.29, 0.717) is 12.5 Å². The lowest BCUT2D eigenvalue weighted by molar-refractivity contribution is -0.145. The van der Waals surface area contributed by atoms with Crippen molar-refractivity contribution in [1.82, 2.24) is 0 Å². The first-order valence-corrected chi connectivity index (χ1v) is 4.87. The lowest BCUT2D eigenvalue weighted by atomic mass is 9.80. The Hall–Kier alpha value is -0.570. The van der Waals surface area contributed by atoms with Gasteiger partial charge in [0.2, 0.25) is 0 Å². The topological polar surface area (TPSA) is 46.5 Å². The Bertz CT molecular complexity index is 238. The number of hydrogen-bond donors (Lipinski definition) is 1. The number of esters is 1. The van der Waals surface area contributed by atoms with E-state index in [2.05, 4.69) is 6.92 Å². The number of aliphatic hydroxyl groups excluding tert-OH is 1. The highest BCUT2D eigenvalue weighted by molar-refractivity contribution is 5.79. The van der Waals surface area contributed by atoms with Crippen molar-refractivity contribution in [3.63, 3.8) is 0 Å². The average molecular weight is 184 g/mol. The summed E-state index contributed by atoms with van der Waals surface area (Å²) in [5.41, 5.74) is -0.313. The van der Waals surface area contributed by atoms with E-state index in [0.717, 1.165) is 6.42 Å². The molecule has 3 heteroatoms. The molecule has 74 valence electrons. The summed E-state index contributed by atoms with van der Waals surface area (Å²) in [6, 6.07) is 0. The quantitative estimate of drug-likeness (QED) is 0.613. The normalized spacial score (nSPS) is 49.2. The van der Waals surface area contributed by atoms with Crippen LogP contribution in [0.4, 0.5) is 0 Å². The van der Waals surface area contributed by atoms with Gasteiger partial charge >= 0.3 is 5.97 Å². The molecule has 0 unspecified atom stereocenters. The maximum atomic E-state index is 11.5. The van der Waals surface area contributed by atoms with Crippen LogP contribution in [0.2, 0.25) is 0 Å². The summed E-state index contributed by atoms with van der Waals surface area (Å²) in [6.45, 7) is 4.76. The van der Waals surface area contributed by atoms with Crippen LogP contribution >= 0.6 is 0 Å². The van der Waals surface area contributed by atoms with E-state index in [1.165, 1.54) is 0 Å². The van der Waals surface area contributed by atoms with Crippen molar-refractivity contribution >= 4 is 5.97 Å². The minimum Gasteiger partial charge on any atom is -0.465 e. The van der Waals surface area contributed by atoms with Crippen molar-refractivity contribution in [3.05, 3.63) is 0 Å². The Morgan fingerprint density at radius 2 is 2.38 bits per heavy atom. The van der Waals surface area contributed by atoms with Gasteiger partial charge in [0.1, 0.15) is 0 Å². The molecule has 0 aromatic rings. The van der Waals surface area contributed by atoms with Gasteiger partial charge in [0.05, 0.1) is 12.0 Å². The molecule has 1 saturated carbocycles. The summed E-state index contributed by atoms with van der Waals surface area (Å²) < 4.78 is 5.05. The number of ether oxygens (including phenoxy) is 1. The molecule has 1 heterocycles. The number of fused-ring (bicyclic) bond motifs is 1. The Morgan fingerprint density at radius 1 is 1.69 bits per heavy atom. The molecule has 0 amide bonds. The van der Waals surface area contributed by atoms with E-state index in [4.69, 9.17) is 4.74 Å². The van der Waals surface area contributed by atoms with Gasteiger partial charge < -0.3 is 9.84 Å². The molecule has 0 aromatic carbocycles. The molecule has 3 nitrogen and oxygen atoms in total. The second-order valence-corrected chi connectivity index (χ2v) is 4.65. The molecule has 1 aliphatic carbocycles. The molecule has 0 spiro atoms. The van der Waals surface area contributed by atoms with E-state index in [1.54, 1.807) is 0 Å². The van der Waals surface area contributed by atoms with E-state index < -0.39 is 0 Å². The molecular formula is C10H16O3. The van der Waals surface area contributed by atoms with E-state index in [9.17, 15) is 9.90 Å². The second-order valence-electron chi connectivity index (χ2n) is 4.65. The Balaban J connectivity index is 2.28. The van der Waals surface area contributed by atoms with E-state index >= 15 is 0 Å². The molecule has 1 N–H and O–H groups in total. The molecule has 1 aliphatic heterocycles. The van der Waals surface area contributed by atoms with Gasteiger partial charge in [-0.05, 0) is 25.2 Å².